The van der Waals surface area contributed by atoms with Crippen molar-refractivity contribution in [3.8, 4) is 5.75 Å². The molecule has 0 unspecified atom stereocenters. The number of aromatic hydroxyl groups is 1. The molecule has 0 atom stereocenters. The minimum atomic E-state index is 0.468. The van der Waals surface area contributed by atoms with E-state index in [0.29, 0.717) is 5.75 Å². The zero-order valence-corrected chi connectivity index (χ0v) is 15.5. The Morgan fingerprint density at radius 2 is 1.30 bits per heavy atom. The van der Waals surface area contributed by atoms with E-state index in [1.54, 1.807) is 0 Å². The number of hydrogen-bond donors (Lipinski definition) is 1. The van der Waals surface area contributed by atoms with Gasteiger partial charge in [0, 0.05) is 0 Å². The monoisotopic (exact) mass is 318 g/mol. The summed E-state index contributed by atoms with van der Waals surface area (Å²) in [5.41, 5.74) is 1.11. The van der Waals surface area contributed by atoms with Crippen LogP contribution in [0.4, 0.5) is 0 Å². The Labute approximate surface area is 144 Å². The fourth-order valence-corrected chi connectivity index (χ4v) is 3.46. The Kier molecular flexibility index (Phi) is 11.7. The molecule has 1 aromatic rings. The predicted octanol–water partition coefficient (Wildman–Crippen LogP) is 7.27. The van der Waals surface area contributed by atoms with Gasteiger partial charge in [0.25, 0.3) is 0 Å². The summed E-state index contributed by atoms with van der Waals surface area (Å²) in [7, 11) is 0. The molecule has 0 bridgehead atoms. The maximum absolute atomic E-state index is 9.88. The van der Waals surface area contributed by atoms with Gasteiger partial charge in [-0.15, -0.1) is 0 Å². The van der Waals surface area contributed by atoms with E-state index in [2.05, 4.69) is 19.9 Å². The van der Waals surface area contributed by atoms with Crippen LogP contribution in [0.25, 0.3) is 0 Å². The Morgan fingerprint density at radius 3 is 1.87 bits per heavy atom. The molecule has 0 saturated heterocycles. The molecule has 0 fully saturated rings. The lowest BCUT2D eigenvalue weighted by Crippen LogP contribution is -2.02. The first-order valence-corrected chi connectivity index (χ1v) is 10.0. The molecule has 23 heavy (non-hydrogen) atoms. The van der Waals surface area contributed by atoms with Crippen LogP contribution in [0.5, 0.6) is 5.75 Å². The average molecular weight is 319 g/mol. The van der Waals surface area contributed by atoms with Gasteiger partial charge in [-0.3, -0.25) is 0 Å². The maximum atomic E-state index is 9.88. The highest BCUT2D eigenvalue weighted by Gasteiger charge is 2.09. The summed E-state index contributed by atoms with van der Waals surface area (Å²) in [6.45, 7) is 4.57. The van der Waals surface area contributed by atoms with Crippen molar-refractivity contribution < 1.29 is 5.11 Å². The number of phenolic OH excluding ortho intramolecular Hbond substituents is 1. The molecule has 0 aliphatic carbocycles. The number of hydrogen-bond acceptors (Lipinski definition) is 1. The molecule has 0 radical (unpaired) electrons. The molecule has 1 nitrogen and oxygen atoms in total. The van der Waals surface area contributed by atoms with Crippen LogP contribution < -0.4 is 0 Å². The lowest BCUT2D eigenvalue weighted by molar-refractivity contribution is 0.373. The normalized spacial score (nSPS) is 11.3. The van der Waals surface area contributed by atoms with Crippen molar-refractivity contribution in [2.45, 2.75) is 97.3 Å². The molecular weight excluding hydrogens is 280 g/mol. The second-order valence-corrected chi connectivity index (χ2v) is 7.09. The Hall–Kier alpha value is -0.980. The van der Waals surface area contributed by atoms with Gasteiger partial charge in [-0.1, -0.05) is 103 Å². The van der Waals surface area contributed by atoms with Gasteiger partial charge in [-0.05, 0) is 30.4 Å². The topological polar surface area (TPSA) is 20.2 Å². The van der Waals surface area contributed by atoms with Crippen molar-refractivity contribution in [1.29, 1.82) is 0 Å². The van der Waals surface area contributed by atoms with Crippen LogP contribution in [-0.4, -0.2) is 5.11 Å². The van der Waals surface area contributed by atoms with Gasteiger partial charge in [-0.2, -0.15) is 0 Å². The summed E-state index contributed by atoms with van der Waals surface area (Å²) in [4.78, 5) is 0. The standard InChI is InChI=1S/C22H38O/c1-3-5-7-9-14-20(15-10-8-6-4-2)16-13-18-21-17-11-12-19-22(21)23/h11-12,17,19-20,23H,3-10,13-16,18H2,1-2H3. The Morgan fingerprint density at radius 1 is 0.739 bits per heavy atom. The highest BCUT2D eigenvalue weighted by Crippen LogP contribution is 2.25. The highest BCUT2D eigenvalue weighted by molar-refractivity contribution is 5.31. The highest BCUT2D eigenvalue weighted by atomic mass is 16.3. The Balaban J connectivity index is 2.30. The van der Waals surface area contributed by atoms with Gasteiger partial charge in [0.1, 0.15) is 5.75 Å². The van der Waals surface area contributed by atoms with Crippen LogP contribution in [0, 0.1) is 5.92 Å². The zero-order chi connectivity index (χ0) is 16.8. The summed E-state index contributed by atoms with van der Waals surface area (Å²) >= 11 is 0. The van der Waals surface area contributed by atoms with Crippen molar-refractivity contribution in [2.24, 2.45) is 5.92 Å². The van der Waals surface area contributed by atoms with Gasteiger partial charge in [0.05, 0.1) is 0 Å². The number of rotatable bonds is 14. The van der Waals surface area contributed by atoms with Crippen molar-refractivity contribution in [3.05, 3.63) is 29.8 Å². The van der Waals surface area contributed by atoms with Crippen LogP contribution in [0.3, 0.4) is 0 Å². The largest absolute Gasteiger partial charge is 0.508 e. The molecule has 1 aromatic carbocycles. The van der Waals surface area contributed by atoms with E-state index in [9.17, 15) is 5.11 Å². The molecule has 0 saturated carbocycles. The number of phenols is 1. The van der Waals surface area contributed by atoms with E-state index < -0.39 is 0 Å². The van der Waals surface area contributed by atoms with Crippen LogP contribution >= 0.6 is 0 Å². The predicted molar refractivity (Wildman–Crippen MR) is 102 cm³/mol. The third kappa shape index (κ3) is 9.69. The molecule has 1 rings (SSSR count). The fourth-order valence-electron chi connectivity index (χ4n) is 3.46. The van der Waals surface area contributed by atoms with E-state index in [-0.39, 0.29) is 0 Å². The van der Waals surface area contributed by atoms with Gasteiger partial charge < -0.3 is 5.11 Å². The van der Waals surface area contributed by atoms with Crippen LogP contribution in [0.2, 0.25) is 0 Å². The Bertz CT molecular complexity index is 373. The second kappa shape index (κ2) is 13.5. The van der Waals surface area contributed by atoms with Crippen LogP contribution in [0.15, 0.2) is 24.3 Å². The number of para-hydroxylation sites is 1. The smallest absolute Gasteiger partial charge is 0.118 e. The third-order valence-electron chi connectivity index (χ3n) is 4.98. The molecule has 1 N–H and O–H groups in total. The summed E-state index contributed by atoms with van der Waals surface area (Å²) in [6, 6.07) is 7.81. The third-order valence-corrected chi connectivity index (χ3v) is 4.98. The zero-order valence-electron chi connectivity index (χ0n) is 15.5. The molecule has 0 amide bonds. The molecule has 132 valence electrons. The van der Waals surface area contributed by atoms with Crippen molar-refractivity contribution in [2.75, 3.05) is 0 Å². The lowest BCUT2D eigenvalue weighted by Gasteiger charge is -2.17. The lowest BCUT2D eigenvalue weighted by atomic mass is 9.89. The minimum absolute atomic E-state index is 0.468. The second-order valence-electron chi connectivity index (χ2n) is 7.09. The van der Waals surface area contributed by atoms with Crippen molar-refractivity contribution >= 4 is 0 Å². The molecule has 1 heteroatoms. The summed E-state index contributed by atoms with van der Waals surface area (Å²) < 4.78 is 0. The summed E-state index contributed by atoms with van der Waals surface area (Å²) in [6.07, 6.45) is 17.4. The average Bonchev–Trinajstić information content (AvgIpc) is 2.56. The van der Waals surface area contributed by atoms with E-state index in [4.69, 9.17) is 0 Å². The first-order valence-electron chi connectivity index (χ1n) is 10.0. The van der Waals surface area contributed by atoms with Gasteiger partial charge >= 0.3 is 0 Å². The van der Waals surface area contributed by atoms with E-state index in [1.807, 2.05) is 18.2 Å². The number of unbranched alkanes of at least 4 members (excludes halogenated alkanes) is 6. The quantitative estimate of drug-likeness (QED) is 0.357. The van der Waals surface area contributed by atoms with Gasteiger partial charge in [0.15, 0.2) is 0 Å². The van der Waals surface area contributed by atoms with Crippen molar-refractivity contribution in [3.63, 3.8) is 0 Å². The number of aryl methyl sites for hydroxylation is 1. The van der Waals surface area contributed by atoms with Crippen molar-refractivity contribution in [1.82, 2.24) is 0 Å². The first kappa shape index (κ1) is 20.1. The molecule has 0 aromatic heterocycles. The molecule has 0 aliphatic heterocycles. The maximum Gasteiger partial charge on any atom is 0.118 e. The summed E-state index contributed by atoms with van der Waals surface area (Å²) in [5.74, 6) is 1.37. The summed E-state index contributed by atoms with van der Waals surface area (Å²) in [5, 5.41) is 9.88. The fraction of sp³-hybridized carbons (Fsp3) is 0.727. The van der Waals surface area contributed by atoms with Crippen LogP contribution in [0.1, 0.15) is 96.5 Å². The van der Waals surface area contributed by atoms with Crippen LogP contribution in [-0.2, 0) is 6.42 Å². The number of benzene rings is 1. The minimum Gasteiger partial charge on any atom is -0.508 e. The molecule has 0 heterocycles. The molecule has 0 aliphatic rings. The SMILES string of the molecule is CCCCCCC(CCCCCC)CCCc1ccccc1O. The molecular formula is C22H38O. The molecule has 0 spiro atoms. The van der Waals surface area contributed by atoms with Gasteiger partial charge in [0.2, 0.25) is 0 Å². The van der Waals surface area contributed by atoms with E-state index >= 15 is 0 Å². The van der Waals surface area contributed by atoms with E-state index in [0.717, 1.165) is 17.9 Å². The first-order chi connectivity index (χ1) is 11.3. The van der Waals surface area contributed by atoms with E-state index in [1.165, 1.54) is 77.0 Å². The van der Waals surface area contributed by atoms with Gasteiger partial charge in [-0.25, -0.2) is 0 Å².